The van der Waals surface area contributed by atoms with E-state index in [0.29, 0.717) is 16.8 Å². The van der Waals surface area contributed by atoms with Gasteiger partial charge in [0.15, 0.2) is 23.3 Å². The van der Waals surface area contributed by atoms with Crippen LogP contribution in [0.2, 0.25) is 0 Å². The lowest BCUT2D eigenvalue weighted by atomic mass is 9.96. The van der Waals surface area contributed by atoms with Crippen LogP contribution in [0.5, 0.6) is 0 Å². The van der Waals surface area contributed by atoms with Crippen molar-refractivity contribution in [1.29, 1.82) is 0 Å². The van der Waals surface area contributed by atoms with Gasteiger partial charge in [0.05, 0.1) is 22.3 Å². The highest BCUT2D eigenvalue weighted by molar-refractivity contribution is 6.09. The first kappa shape index (κ1) is 20.2. The number of rotatable bonds is 2. The second kappa shape index (κ2) is 7.19. The van der Waals surface area contributed by atoms with E-state index >= 15 is 0 Å². The molecule has 0 aliphatic heterocycles. The summed E-state index contributed by atoms with van der Waals surface area (Å²) in [6.45, 7) is 3.46. The summed E-state index contributed by atoms with van der Waals surface area (Å²) in [6.07, 6.45) is 0. The normalized spacial score (nSPS) is 11.6. The van der Waals surface area contributed by atoms with Gasteiger partial charge in [-0.2, -0.15) is 0 Å². The molecule has 4 aromatic carbocycles. The molecule has 0 spiro atoms. The Labute approximate surface area is 180 Å². The van der Waals surface area contributed by atoms with Gasteiger partial charge in [-0.3, -0.25) is 0 Å². The van der Waals surface area contributed by atoms with Gasteiger partial charge in [0.2, 0.25) is 5.82 Å². The van der Waals surface area contributed by atoms with E-state index < -0.39 is 34.6 Å². The predicted octanol–water partition coefficient (Wildman–Crippen LogP) is 7.76. The minimum Gasteiger partial charge on any atom is -0.308 e. The summed E-state index contributed by atoms with van der Waals surface area (Å²) < 4.78 is 73.5. The fourth-order valence-electron chi connectivity index (χ4n) is 4.45. The quantitative estimate of drug-likeness (QED) is 0.151. The Morgan fingerprint density at radius 2 is 1.06 bits per heavy atom. The van der Waals surface area contributed by atoms with Crippen molar-refractivity contribution in [3.63, 3.8) is 0 Å². The van der Waals surface area contributed by atoms with Crippen LogP contribution in [0.3, 0.4) is 0 Å². The highest BCUT2D eigenvalue weighted by Gasteiger charge is 2.29. The number of halogens is 5. The molecule has 0 aliphatic rings. The maximum Gasteiger partial charge on any atom is 0.200 e. The summed E-state index contributed by atoms with van der Waals surface area (Å²) in [6, 6.07) is 18.3. The third kappa shape index (κ3) is 2.75. The van der Waals surface area contributed by atoms with Gasteiger partial charge in [-0.25, -0.2) is 22.0 Å². The zero-order valence-electron chi connectivity index (χ0n) is 17.1. The van der Waals surface area contributed by atoms with Crippen LogP contribution < -0.4 is 0 Å². The summed E-state index contributed by atoms with van der Waals surface area (Å²) >= 11 is 0. The van der Waals surface area contributed by atoms with E-state index in [9.17, 15) is 22.0 Å². The highest BCUT2D eigenvalue weighted by Crippen LogP contribution is 2.41. The lowest BCUT2D eigenvalue weighted by molar-refractivity contribution is 0.381. The minimum absolute atomic E-state index is 0.0678. The summed E-state index contributed by atoms with van der Waals surface area (Å²) in [7, 11) is 0. The number of fused-ring (bicyclic) bond motifs is 3. The molecule has 0 N–H and O–H groups in total. The van der Waals surface area contributed by atoms with E-state index in [1.807, 2.05) is 59.2 Å². The summed E-state index contributed by atoms with van der Waals surface area (Å²) in [5.41, 5.74) is 2.13. The molecular formula is C26H16F5N. The van der Waals surface area contributed by atoms with Crippen LogP contribution in [0, 0.1) is 42.9 Å². The van der Waals surface area contributed by atoms with Crippen molar-refractivity contribution in [2.24, 2.45) is 0 Å². The van der Waals surface area contributed by atoms with Crippen LogP contribution in [0.4, 0.5) is 22.0 Å². The van der Waals surface area contributed by atoms with Gasteiger partial charge in [-0.05, 0) is 37.6 Å². The maximum absolute atomic E-state index is 14.9. The van der Waals surface area contributed by atoms with Crippen LogP contribution in [0.1, 0.15) is 11.1 Å². The van der Waals surface area contributed by atoms with Crippen LogP contribution >= 0.6 is 0 Å². The van der Waals surface area contributed by atoms with Gasteiger partial charge >= 0.3 is 0 Å². The van der Waals surface area contributed by atoms with Crippen molar-refractivity contribution in [3.05, 3.63) is 101 Å². The molecule has 0 radical (unpaired) electrons. The van der Waals surface area contributed by atoms with E-state index in [1.54, 1.807) is 13.8 Å². The summed E-state index contributed by atoms with van der Waals surface area (Å²) in [5, 5.41) is 1.82. The van der Waals surface area contributed by atoms with Crippen molar-refractivity contribution in [1.82, 2.24) is 4.57 Å². The summed E-state index contributed by atoms with van der Waals surface area (Å²) in [4.78, 5) is 0. The van der Waals surface area contributed by atoms with E-state index in [4.69, 9.17) is 0 Å². The molecule has 0 aliphatic carbocycles. The fourth-order valence-corrected chi connectivity index (χ4v) is 4.45. The topological polar surface area (TPSA) is 4.93 Å². The first-order valence-corrected chi connectivity index (χ1v) is 9.93. The molecule has 32 heavy (non-hydrogen) atoms. The van der Waals surface area contributed by atoms with Gasteiger partial charge in [-0.1, -0.05) is 48.0 Å². The number of hydrogen-bond donors (Lipinski definition) is 0. The Bertz CT molecular complexity index is 1470. The lowest BCUT2D eigenvalue weighted by Gasteiger charge is -2.19. The minimum atomic E-state index is -2.17. The molecule has 0 atom stereocenters. The Hall–Kier alpha value is -3.67. The molecule has 0 saturated heterocycles. The van der Waals surface area contributed by atoms with Crippen molar-refractivity contribution >= 4 is 21.8 Å². The Morgan fingerprint density at radius 1 is 0.594 bits per heavy atom. The maximum atomic E-state index is 14.9. The standard InChI is InChI=1S/C26H16F5N/c1-13-11-14(2)26(17(12-13)20-21(27)23(29)25(31)24(30)22(20)28)32-18-9-5-3-7-15(18)16-8-4-6-10-19(16)32/h3-12H,1-2H3. The molecule has 5 rings (SSSR count). The number of hydrogen-bond acceptors (Lipinski definition) is 0. The van der Waals surface area contributed by atoms with E-state index in [2.05, 4.69) is 0 Å². The number of benzene rings is 4. The van der Waals surface area contributed by atoms with Crippen molar-refractivity contribution in [2.45, 2.75) is 13.8 Å². The molecule has 1 nitrogen and oxygen atoms in total. The fraction of sp³-hybridized carbons (Fsp3) is 0.0769. The van der Waals surface area contributed by atoms with E-state index in [-0.39, 0.29) is 5.56 Å². The molecule has 160 valence electrons. The van der Waals surface area contributed by atoms with E-state index in [0.717, 1.165) is 21.8 Å². The first-order chi connectivity index (χ1) is 15.3. The number of aromatic nitrogens is 1. The molecule has 0 saturated carbocycles. The van der Waals surface area contributed by atoms with Crippen molar-refractivity contribution in [3.8, 4) is 16.8 Å². The first-order valence-electron chi connectivity index (χ1n) is 9.93. The average Bonchev–Trinajstić information content (AvgIpc) is 3.11. The Balaban J connectivity index is 2.00. The van der Waals surface area contributed by atoms with Crippen LogP contribution in [-0.2, 0) is 0 Å². The van der Waals surface area contributed by atoms with Crippen LogP contribution in [0.15, 0.2) is 60.7 Å². The van der Waals surface area contributed by atoms with Gasteiger partial charge in [0, 0.05) is 16.3 Å². The molecule has 1 aromatic heterocycles. The molecular weight excluding hydrogens is 421 g/mol. The van der Waals surface area contributed by atoms with Gasteiger partial charge in [0.25, 0.3) is 0 Å². The number of aryl methyl sites for hydroxylation is 2. The summed E-state index contributed by atoms with van der Waals surface area (Å²) in [5.74, 6) is -9.81. The SMILES string of the molecule is Cc1cc(C)c(-n2c3ccccc3c3ccccc32)c(-c2c(F)c(F)c(F)c(F)c2F)c1. The molecule has 0 fully saturated rings. The second-order valence-corrected chi connectivity index (χ2v) is 7.79. The largest absolute Gasteiger partial charge is 0.308 e. The number of para-hydroxylation sites is 2. The smallest absolute Gasteiger partial charge is 0.200 e. The third-order valence-corrected chi connectivity index (χ3v) is 5.73. The van der Waals surface area contributed by atoms with Crippen molar-refractivity contribution < 1.29 is 22.0 Å². The average molecular weight is 437 g/mol. The predicted molar refractivity (Wildman–Crippen MR) is 115 cm³/mol. The molecule has 0 bridgehead atoms. The van der Waals surface area contributed by atoms with Gasteiger partial charge in [0.1, 0.15) is 0 Å². The monoisotopic (exact) mass is 437 g/mol. The Kier molecular flexibility index (Phi) is 4.55. The molecule has 1 heterocycles. The Morgan fingerprint density at radius 3 is 1.59 bits per heavy atom. The lowest BCUT2D eigenvalue weighted by Crippen LogP contribution is -2.08. The zero-order chi connectivity index (χ0) is 22.7. The van der Waals surface area contributed by atoms with E-state index in [1.165, 1.54) is 6.07 Å². The van der Waals surface area contributed by atoms with Crippen LogP contribution in [-0.4, -0.2) is 4.57 Å². The third-order valence-electron chi connectivity index (χ3n) is 5.73. The highest BCUT2D eigenvalue weighted by atomic mass is 19.2. The number of nitrogens with zero attached hydrogens (tertiary/aromatic N) is 1. The zero-order valence-corrected chi connectivity index (χ0v) is 17.1. The van der Waals surface area contributed by atoms with Gasteiger partial charge in [-0.15, -0.1) is 0 Å². The molecule has 5 aromatic rings. The molecule has 0 amide bonds. The van der Waals surface area contributed by atoms with Crippen molar-refractivity contribution in [2.75, 3.05) is 0 Å². The molecule has 0 unspecified atom stereocenters. The van der Waals surface area contributed by atoms with Crippen LogP contribution in [0.25, 0.3) is 38.6 Å². The second-order valence-electron chi connectivity index (χ2n) is 7.79. The molecule has 6 heteroatoms. The van der Waals surface area contributed by atoms with Gasteiger partial charge < -0.3 is 4.57 Å².